The fraction of sp³-hybridized carbons (Fsp3) is 0.417. The van der Waals surface area contributed by atoms with Crippen molar-refractivity contribution in [3.8, 4) is 0 Å². The van der Waals surface area contributed by atoms with Crippen molar-refractivity contribution in [2.75, 3.05) is 26.4 Å². The molecule has 0 atom stereocenters. The minimum Gasteiger partial charge on any atom is -0.478 e. The predicted octanol–water partition coefficient (Wildman–Crippen LogP) is 0.825. The Labute approximate surface area is 131 Å². The van der Waals surface area contributed by atoms with E-state index in [9.17, 15) is 13.2 Å². The Morgan fingerprint density at radius 1 is 1.33 bits per heavy atom. The van der Waals surface area contributed by atoms with Gasteiger partial charge < -0.3 is 14.9 Å². The number of aromatic carboxylic acids is 1. The fourth-order valence-corrected chi connectivity index (χ4v) is 3.63. The van der Waals surface area contributed by atoms with Crippen molar-refractivity contribution < 1.29 is 28.2 Å². The number of carbonyl (C=O) groups is 1. The second-order valence-electron chi connectivity index (χ2n) is 4.04. The van der Waals surface area contributed by atoms with Gasteiger partial charge in [-0.15, -0.1) is 0 Å². The first-order chi connectivity index (χ1) is 9.88. The van der Waals surface area contributed by atoms with E-state index in [2.05, 4.69) is 20.7 Å². The molecule has 1 aromatic carbocycles. The van der Waals surface area contributed by atoms with Crippen LogP contribution in [0.3, 0.4) is 0 Å². The van der Waals surface area contributed by atoms with Crippen molar-refractivity contribution in [2.45, 2.75) is 11.3 Å². The fourth-order valence-electron chi connectivity index (χ4n) is 1.48. The summed E-state index contributed by atoms with van der Waals surface area (Å²) >= 11 is 3.06. The Hall–Kier alpha value is -1.00. The quantitative estimate of drug-likeness (QED) is 0.546. The minimum atomic E-state index is -3.72. The van der Waals surface area contributed by atoms with E-state index < -0.39 is 16.0 Å². The van der Waals surface area contributed by atoms with Crippen LogP contribution in [0.2, 0.25) is 0 Å². The molecule has 0 saturated carbocycles. The van der Waals surface area contributed by atoms with Gasteiger partial charge in [0.15, 0.2) is 0 Å². The van der Waals surface area contributed by atoms with Crippen LogP contribution in [0, 0.1) is 0 Å². The summed E-state index contributed by atoms with van der Waals surface area (Å²) < 4.78 is 31.7. The second kappa shape index (κ2) is 8.44. The second-order valence-corrected chi connectivity index (χ2v) is 6.63. The van der Waals surface area contributed by atoms with Gasteiger partial charge in [-0.1, -0.05) is 0 Å². The molecule has 0 aliphatic rings. The monoisotopic (exact) mass is 381 g/mol. The SMILES string of the molecule is O=C(O)c1ccc(S(=O)(=O)NCCCOCCO)c(Br)c1. The lowest BCUT2D eigenvalue weighted by Crippen LogP contribution is -2.26. The molecule has 1 rings (SSSR count). The van der Waals surface area contributed by atoms with E-state index in [1.54, 1.807) is 0 Å². The summed E-state index contributed by atoms with van der Waals surface area (Å²) in [6.07, 6.45) is 0.462. The lowest BCUT2D eigenvalue weighted by Gasteiger charge is -2.09. The van der Waals surface area contributed by atoms with Crippen LogP contribution in [-0.4, -0.2) is 51.0 Å². The molecule has 0 bridgehead atoms. The van der Waals surface area contributed by atoms with Crippen LogP contribution in [-0.2, 0) is 14.8 Å². The normalized spacial score (nSPS) is 11.5. The summed E-state index contributed by atoms with van der Waals surface area (Å²) in [7, 11) is -3.72. The Kier molecular flexibility index (Phi) is 7.26. The van der Waals surface area contributed by atoms with Crippen molar-refractivity contribution in [3.05, 3.63) is 28.2 Å². The number of benzene rings is 1. The molecule has 0 unspecified atom stereocenters. The number of halogens is 1. The van der Waals surface area contributed by atoms with Crippen LogP contribution >= 0.6 is 15.9 Å². The standard InChI is InChI=1S/C12H16BrNO6S/c13-10-8-9(12(16)17)2-3-11(10)21(18,19)14-4-1-6-20-7-5-15/h2-3,8,14-15H,1,4-7H2,(H,16,17). The molecule has 0 fully saturated rings. The van der Waals surface area contributed by atoms with E-state index in [4.69, 9.17) is 14.9 Å². The number of aliphatic hydroxyl groups is 1. The number of hydrogen-bond donors (Lipinski definition) is 3. The van der Waals surface area contributed by atoms with Gasteiger partial charge in [0, 0.05) is 17.6 Å². The first-order valence-electron chi connectivity index (χ1n) is 6.09. The third kappa shape index (κ3) is 5.71. The van der Waals surface area contributed by atoms with E-state index in [-0.39, 0.29) is 34.7 Å². The molecule has 0 heterocycles. The highest BCUT2D eigenvalue weighted by molar-refractivity contribution is 9.10. The van der Waals surface area contributed by atoms with Crippen LogP contribution in [0.1, 0.15) is 16.8 Å². The molecule has 0 radical (unpaired) electrons. The highest BCUT2D eigenvalue weighted by atomic mass is 79.9. The van der Waals surface area contributed by atoms with E-state index in [0.717, 1.165) is 0 Å². The predicted molar refractivity (Wildman–Crippen MR) is 78.8 cm³/mol. The smallest absolute Gasteiger partial charge is 0.335 e. The Morgan fingerprint density at radius 3 is 2.62 bits per heavy atom. The zero-order chi connectivity index (χ0) is 15.9. The van der Waals surface area contributed by atoms with Gasteiger partial charge in [0.05, 0.1) is 23.7 Å². The Morgan fingerprint density at radius 2 is 2.05 bits per heavy atom. The lowest BCUT2D eigenvalue weighted by molar-refractivity contribution is 0.0696. The molecule has 0 spiro atoms. The first kappa shape index (κ1) is 18.1. The summed E-state index contributed by atoms with van der Waals surface area (Å²) in [6, 6.07) is 3.70. The molecule has 7 nitrogen and oxygen atoms in total. The van der Waals surface area contributed by atoms with Crippen molar-refractivity contribution in [1.82, 2.24) is 4.72 Å². The van der Waals surface area contributed by atoms with Gasteiger partial charge >= 0.3 is 5.97 Å². The van der Waals surface area contributed by atoms with Crippen molar-refractivity contribution >= 4 is 31.9 Å². The number of carboxylic acids is 1. The van der Waals surface area contributed by atoms with Gasteiger partial charge in [0.2, 0.25) is 10.0 Å². The van der Waals surface area contributed by atoms with Gasteiger partial charge in [-0.3, -0.25) is 0 Å². The summed E-state index contributed by atoms with van der Waals surface area (Å²) in [4.78, 5) is 10.8. The average molecular weight is 382 g/mol. The molecule has 3 N–H and O–H groups in total. The van der Waals surface area contributed by atoms with Crippen LogP contribution in [0.5, 0.6) is 0 Å². The van der Waals surface area contributed by atoms with Crippen molar-refractivity contribution in [2.24, 2.45) is 0 Å². The van der Waals surface area contributed by atoms with Crippen LogP contribution in [0.15, 0.2) is 27.6 Å². The van der Waals surface area contributed by atoms with Gasteiger partial charge in [-0.25, -0.2) is 17.9 Å². The van der Waals surface area contributed by atoms with Gasteiger partial charge in [-0.2, -0.15) is 0 Å². The number of hydrogen-bond acceptors (Lipinski definition) is 5. The summed E-state index contributed by atoms with van der Waals surface area (Å²) in [5.74, 6) is -1.13. The summed E-state index contributed by atoms with van der Waals surface area (Å²) in [5, 5.41) is 17.3. The molecule has 1 aromatic rings. The molecule has 118 valence electrons. The van der Waals surface area contributed by atoms with Crippen LogP contribution < -0.4 is 4.72 Å². The third-order valence-electron chi connectivity index (χ3n) is 2.46. The zero-order valence-electron chi connectivity index (χ0n) is 11.1. The minimum absolute atomic E-state index is 0.00164. The molecule has 0 aliphatic carbocycles. The van der Waals surface area contributed by atoms with E-state index in [0.29, 0.717) is 13.0 Å². The first-order valence-corrected chi connectivity index (χ1v) is 8.37. The molecule has 0 aliphatic heterocycles. The highest BCUT2D eigenvalue weighted by Gasteiger charge is 2.18. The van der Waals surface area contributed by atoms with Gasteiger partial charge in [-0.05, 0) is 40.5 Å². The number of ether oxygens (including phenoxy) is 1. The number of sulfonamides is 1. The molecular weight excluding hydrogens is 366 g/mol. The van der Waals surface area contributed by atoms with E-state index in [1.807, 2.05) is 0 Å². The van der Waals surface area contributed by atoms with E-state index in [1.165, 1.54) is 18.2 Å². The molecule has 0 saturated heterocycles. The lowest BCUT2D eigenvalue weighted by atomic mass is 10.2. The average Bonchev–Trinajstić information content (AvgIpc) is 2.42. The number of carboxylic acid groups (broad SMARTS) is 1. The molecule has 21 heavy (non-hydrogen) atoms. The Balaban J connectivity index is 2.64. The number of nitrogens with one attached hydrogen (secondary N) is 1. The van der Waals surface area contributed by atoms with E-state index >= 15 is 0 Å². The van der Waals surface area contributed by atoms with Gasteiger partial charge in [0.1, 0.15) is 0 Å². The van der Waals surface area contributed by atoms with Crippen molar-refractivity contribution in [3.63, 3.8) is 0 Å². The topological polar surface area (TPSA) is 113 Å². The van der Waals surface area contributed by atoms with Crippen LogP contribution in [0.4, 0.5) is 0 Å². The maximum Gasteiger partial charge on any atom is 0.335 e. The maximum absolute atomic E-state index is 12.1. The van der Waals surface area contributed by atoms with Crippen molar-refractivity contribution in [1.29, 1.82) is 0 Å². The zero-order valence-corrected chi connectivity index (χ0v) is 13.5. The summed E-state index contributed by atoms with van der Waals surface area (Å²) in [6.45, 7) is 0.659. The summed E-state index contributed by atoms with van der Waals surface area (Å²) in [5.41, 5.74) is -0.00164. The molecule has 9 heteroatoms. The highest BCUT2D eigenvalue weighted by Crippen LogP contribution is 2.23. The maximum atomic E-state index is 12.1. The molecule has 0 aromatic heterocycles. The number of rotatable bonds is 9. The third-order valence-corrected chi connectivity index (χ3v) is 4.90. The Bertz CT molecular complexity index is 589. The van der Waals surface area contributed by atoms with Crippen LogP contribution in [0.25, 0.3) is 0 Å². The molecular formula is C12H16BrNO6S. The van der Waals surface area contributed by atoms with Gasteiger partial charge in [0.25, 0.3) is 0 Å². The largest absolute Gasteiger partial charge is 0.478 e. The molecule has 0 amide bonds. The number of aliphatic hydroxyl groups excluding tert-OH is 1.